The molecule has 0 amide bonds. The van der Waals surface area contributed by atoms with Gasteiger partial charge in [0.25, 0.3) is 10.1 Å². The zero-order valence-corrected chi connectivity index (χ0v) is 28.2. The summed E-state index contributed by atoms with van der Waals surface area (Å²) in [5, 5.41) is 4.43. The van der Waals surface area contributed by atoms with Gasteiger partial charge in [0.05, 0.1) is 48.6 Å². The van der Waals surface area contributed by atoms with E-state index in [0.717, 1.165) is 11.3 Å². The third-order valence-corrected chi connectivity index (χ3v) is 9.43. The van der Waals surface area contributed by atoms with Crippen LogP contribution in [-0.2, 0) is 74.9 Å². The van der Waals surface area contributed by atoms with Gasteiger partial charge in [0, 0.05) is 18.8 Å². The Bertz CT molecular complexity index is 1540. The summed E-state index contributed by atoms with van der Waals surface area (Å²) in [5.41, 5.74) is -3.65. The molecule has 4 atom stereocenters. The largest absolute Gasteiger partial charge is 0.741 e. The highest BCUT2D eigenvalue weighted by Gasteiger charge is 2.58. The van der Waals surface area contributed by atoms with Crippen LogP contribution in [0.15, 0.2) is 36.5 Å². The van der Waals surface area contributed by atoms with E-state index in [0.29, 0.717) is 32.6 Å². The molecule has 1 aromatic carbocycles. The van der Waals surface area contributed by atoms with E-state index in [4.69, 9.17) is 40.8 Å². The molecule has 1 saturated carbocycles. The predicted molar refractivity (Wildman–Crippen MR) is 154 cm³/mol. The van der Waals surface area contributed by atoms with Crippen molar-refractivity contribution in [3.63, 3.8) is 0 Å². The second-order valence-corrected chi connectivity index (χ2v) is 15.5. The molecular formula is C28H40F3N3O11S2. The van der Waals surface area contributed by atoms with Crippen molar-refractivity contribution in [3.05, 3.63) is 47.8 Å². The summed E-state index contributed by atoms with van der Waals surface area (Å²) in [6.07, 6.45) is 1.78. The molecule has 266 valence electrons. The van der Waals surface area contributed by atoms with E-state index in [-0.39, 0.29) is 42.7 Å². The number of aryl methyl sites for hydroxylation is 2. The summed E-state index contributed by atoms with van der Waals surface area (Å²) in [5.74, 6) is -1.98. The SMILES string of the molecule is Cn1n[n+](CCCS(=O)(=O)OCC2C3OC(C)(C)OC3CC3OC(C)(C)OC32)cc1COCc1ccccc1.O=S(=O)([O-])C(F)(F)F. The molecule has 1 aromatic heterocycles. The molecule has 0 spiro atoms. The lowest BCUT2D eigenvalue weighted by Crippen LogP contribution is -2.51. The number of ether oxygens (including phenoxy) is 5. The first kappa shape index (κ1) is 37.6. The molecule has 0 bridgehead atoms. The number of rotatable bonds is 11. The van der Waals surface area contributed by atoms with Crippen LogP contribution in [0.2, 0.25) is 0 Å². The highest BCUT2D eigenvalue weighted by Crippen LogP contribution is 2.46. The van der Waals surface area contributed by atoms with Crippen molar-refractivity contribution in [3.8, 4) is 0 Å². The Morgan fingerprint density at radius 1 is 0.979 bits per heavy atom. The first-order valence-electron chi connectivity index (χ1n) is 14.8. The van der Waals surface area contributed by atoms with Gasteiger partial charge in [-0.3, -0.25) is 4.18 Å². The number of aromatic nitrogens is 3. The second-order valence-electron chi connectivity index (χ2n) is 12.4. The molecule has 47 heavy (non-hydrogen) atoms. The molecule has 1 aliphatic carbocycles. The molecule has 3 aliphatic rings. The molecule has 2 aromatic rings. The van der Waals surface area contributed by atoms with Crippen molar-refractivity contribution < 1.29 is 67.1 Å². The van der Waals surface area contributed by atoms with Crippen molar-refractivity contribution >= 4 is 20.2 Å². The number of nitrogens with zero attached hydrogens (tertiary/aromatic N) is 3. The van der Waals surface area contributed by atoms with Crippen LogP contribution in [0.5, 0.6) is 0 Å². The summed E-state index contributed by atoms with van der Waals surface area (Å²) < 4.78 is 124. The summed E-state index contributed by atoms with van der Waals surface area (Å²) in [6, 6.07) is 9.96. The standard InChI is InChI=1S/C27H40N3O8S.CHF3O3S/c1-26(2)35-22-14-23-25(38-27(3,4)36-23)21(24(22)37-26)18-34-39(31,32)13-9-12-30-15-20(29(5)28-30)17-33-16-19-10-7-6-8-11-19;2-1(3,4)8(5,6)7/h6-8,10-11,15,21-25H,9,12-14,16-18H2,1-5H3;(H,5,6,7)/q+1;/p-1. The number of hydrogen-bond acceptors (Lipinski definition) is 12. The molecular weight excluding hydrogens is 675 g/mol. The molecule has 3 fully saturated rings. The van der Waals surface area contributed by atoms with E-state index in [9.17, 15) is 21.6 Å². The van der Waals surface area contributed by atoms with E-state index in [1.165, 1.54) is 0 Å². The van der Waals surface area contributed by atoms with Crippen LogP contribution >= 0.6 is 0 Å². The topological polar surface area (TPSA) is 168 Å². The lowest BCUT2D eigenvalue weighted by atomic mass is 9.81. The second kappa shape index (κ2) is 14.3. The summed E-state index contributed by atoms with van der Waals surface area (Å²) in [4.78, 5) is 0. The van der Waals surface area contributed by atoms with Crippen LogP contribution in [0.4, 0.5) is 13.2 Å². The zero-order valence-electron chi connectivity index (χ0n) is 26.6. The number of fused-ring (bicyclic) bond motifs is 2. The smallest absolute Gasteiger partial charge is 0.485 e. The van der Waals surface area contributed by atoms with Gasteiger partial charge in [-0.2, -0.15) is 21.6 Å². The molecule has 5 rings (SSSR count). The number of halogens is 3. The number of alkyl halides is 3. The highest BCUT2D eigenvalue weighted by atomic mass is 32.2. The Balaban J connectivity index is 0.000000555. The van der Waals surface area contributed by atoms with Crippen LogP contribution in [-0.4, -0.2) is 85.1 Å². The van der Waals surface area contributed by atoms with E-state index in [1.807, 2.05) is 71.3 Å². The molecule has 4 unspecified atom stereocenters. The van der Waals surface area contributed by atoms with Crippen molar-refractivity contribution in [1.82, 2.24) is 9.90 Å². The van der Waals surface area contributed by atoms with Gasteiger partial charge >= 0.3 is 5.51 Å². The van der Waals surface area contributed by atoms with E-state index < -0.39 is 37.3 Å². The van der Waals surface area contributed by atoms with Gasteiger partial charge in [0.2, 0.25) is 0 Å². The van der Waals surface area contributed by atoms with Crippen molar-refractivity contribution in [2.24, 2.45) is 13.0 Å². The van der Waals surface area contributed by atoms with Crippen LogP contribution in [0.25, 0.3) is 0 Å². The van der Waals surface area contributed by atoms with Gasteiger partial charge in [0.15, 0.2) is 33.6 Å². The molecule has 2 aliphatic heterocycles. The van der Waals surface area contributed by atoms with Crippen LogP contribution < -0.4 is 4.68 Å². The Kier molecular flexibility index (Phi) is 11.5. The maximum absolute atomic E-state index is 12.8. The third-order valence-electron chi connectivity index (χ3n) is 7.58. The fraction of sp³-hybridized carbons (Fsp3) is 0.714. The Morgan fingerprint density at radius 2 is 1.53 bits per heavy atom. The van der Waals surface area contributed by atoms with Gasteiger partial charge in [-0.1, -0.05) is 30.3 Å². The van der Waals surface area contributed by atoms with Gasteiger partial charge in [0.1, 0.15) is 20.2 Å². The molecule has 0 radical (unpaired) electrons. The summed E-state index contributed by atoms with van der Waals surface area (Å²) in [6.45, 7) is 8.73. The first-order valence-corrected chi connectivity index (χ1v) is 17.8. The van der Waals surface area contributed by atoms with Gasteiger partial charge in [-0.05, 0) is 33.3 Å². The molecule has 3 heterocycles. The lowest BCUT2D eigenvalue weighted by molar-refractivity contribution is -0.755. The number of hydrogen-bond donors (Lipinski definition) is 0. The fourth-order valence-electron chi connectivity index (χ4n) is 5.67. The minimum Gasteiger partial charge on any atom is -0.741 e. The average Bonchev–Trinajstić information content (AvgIpc) is 3.55. The minimum atomic E-state index is -6.09. The summed E-state index contributed by atoms with van der Waals surface area (Å²) in [7, 11) is -8.03. The molecule has 14 nitrogen and oxygen atoms in total. The van der Waals surface area contributed by atoms with E-state index in [2.05, 4.69) is 5.21 Å². The van der Waals surface area contributed by atoms with Crippen molar-refractivity contribution in [2.75, 3.05) is 12.4 Å². The van der Waals surface area contributed by atoms with E-state index in [1.54, 1.807) is 9.36 Å². The van der Waals surface area contributed by atoms with Crippen LogP contribution in [0.1, 0.15) is 51.8 Å². The van der Waals surface area contributed by atoms with E-state index >= 15 is 0 Å². The summed E-state index contributed by atoms with van der Waals surface area (Å²) >= 11 is 0. The average molecular weight is 716 g/mol. The van der Waals surface area contributed by atoms with Crippen molar-refractivity contribution in [2.45, 2.75) is 102 Å². The monoisotopic (exact) mass is 715 g/mol. The maximum atomic E-state index is 12.8. The molecule has 0 N–H and O–H groups in total. The third kappa shape index (κ3) is 10.4. The predicted octanol–water partition coefficient (Wildman–Crippen LogP) is 2.27. The van der Waals surface area contributed by atoms with Gasteiger partial charge in [-0.25, -0.2) is 8.42 Å². The van der Waals surface area contributed by atoms with Gasteiger partial charge in [-0.15, -0.1) is 9.36 Å². The van der Waals surface area contributed by atoms with Crippen LogP contribution in [0, 0.1) is 5.92 Å². The van der Waals surface area contributed by atoms with Gasteiger partial charge < -0.3 is 28.2 Å². The highest BCUT2D eigenvalue weighted by molar-refractivity contribution is 7.86. The van der Waals surface area contributed by atoms with Crippen molar-refractivity contribution in [1.29, 1.82) is 0 Å². The molecule has 2 saturated heterocycles. The molecule has 19 heteroatoms. The maximum Gasteiger partial charge on any atom is 0.485 e. The minimum absolute atomic E-state index is 0.0524. The quantitative estimate of drug-likeness (QED) is 0.144. The van der Waals surface area contributed by atoms with Crippen LogP contribution in [0.3, 0.4) is 0 Å². The Labute approximate surface area is 271 Å². The fourth-order valence-corrected chi connectivity index (χ4v) is 6.63. The zero-order chi connectivity index (χ0) is 34.8. The Morgan fingerprint density at radius 3 is 2.06 bits per heavy atom. The normalized spacial score (nSPS) is 26.7. The lowest BCUT2D eigenvalue weighted by Gasteiger charge is -2.37. The Hall–Kier alpha value is -2.23. The first-order chi connectivity index (χ1) is 21.6. The number of benzene rings is 1.